The lowest BCUT2D eigenvalue weighted by Gasteiger charge is -2.19. The lowest BCUT2D eigenvalue weighted by molar-refractivity contribution is -0.131. The Bertz CT molecular complexity index is 928. The average Bonchev–Trinajstić information content (AvgIpc) is 3.10. The van der Waals surface area contributed by atoms with Crippen molar-refractivity contribution in [1.82, 2.24) is 0 Å². The highest BCUT2D eigenvalue weighted by molar-refractivity contribution is 14.1. The number of phenols is 1. The van der Waals surface area contributed by atoms with Crippen LogP contribution in [0.2, 0.25) is 0 Å². The number of aromatic hydroxyl groups is 1. The number of fused-ring (bicyclic) bond motifs is 1. The molecule has 0 spiro atoms. The second kappa shape index (κ2) is 8.83. The number of amides is 1. The van der Waals surface area contributed by atoms with Crippen molar-refractivity contribution >= 4 is 40.3 Å². The van der Waals surface area contributed by atoms with E-state index in [1.807, 2.05) is 0 Å². The molecule has 1 atom stereocenters. The summed E-state index contributed by atoms with van der Waals surface area (Å²) in [5.74, 6) is -0.0752. The number of ether oxygens (including phenoxy) is 3. The number of hydrogen-bond acceptors (Lipinski definition) is 6. The molecule has 1 amide bonds. The normalized spacial score (nSPS) is 13.3. The molecule has 3 N–H and O–H groups in total. The fourth-order valence-corrected chi connectivity index (χ4v) is 3.08. The van der Waals surface area contributed by atoms with E-state index >= 15 is 0 Å². The van der Waals surface area contributed by atoms with Crippen LogP contribution in [0.25, 0.3) is 0 Å². The van der Waals surface area contributed by atoms with Gasteiger partial charge >= 0.3 is 12.1 Å². The first-order valence-electron chi connectivity index (χ1n) is 8.17. The van der Waals surface area contributed by atoms with E-state index in [2.05, 4.69) is 27.9 Å². The number of halogens is 1. The standard InChI is InChI=1S/C19H16INO7/c20-11-4-6-14(22)13(8-11)15(2-1-3-18(23)24)28-19(25)21-12-5-7-16-17(9-12)27-10-26-16/h1,3-9,15,22H,2,10H2,(H,21,25)(H,23,24)/b3-1+/t15-/m1/s1. The summed E-state index contributed by atoms with van der Waals surface area (Å²) in [6.07, 6.45) is 0.760. The van der Waals surface area contributed by atoms with Gasteiger partial charge in [0.25, 0.3) is 0 Å². The molecular formula is C19H16INO7. The maximum absolute atomic E-state index is 12.4. The molecule has 0 fully saturated rings. The summed E-state index contributed by atoms with van der Waals surface area (Å²) in [6, 6.07) is 9.77. The average molecular weight is 497 g/mol. The highest BCUT2D eigenvalue weighted by Gasteiger charge is 2.21. The minimum Gasteiger partial charge on any atom is -0.508 e. The number of carboxylic acids is 1. The zero-order valence-electron chi connectivity index (χ0n) is 14.4. The van der Waals surface area contributed by atoms with Crippen LogP contribution in [0.3, 0.4) is 0 Å². The molecule has 2 aromatic carbocycles. The highest BCUT2D eigenvalue weighted by atomic mass is 127. The van der Waals surface area contributed by atoms with Crippen molar-refractivity contribution in [3.05, 3.63) is 57.7 Å². The van der Waals surface area contributed by atoms with Gasteiger partial charge in [0.15, 0.2) is 11.5 Å². The van der Waals surface area contributed by atoms with E-state index in [1.165, 1.54) is 12.1 Å². The number of anilines is 1. The number of carbonyl (C=O) groups is 2. The molecule has 0 bridgehead atoms. The predicted octanol–water partition coefficient (Wildman–Crippen LogP) is 4.05. The van der Waals surface area contributed by atoms with Crippen LogP contribution in [0.15, 0.2) is 48.6 Å². The van der Waals surface area contributed by atoms with Gasteiger partial charge in [-0.2, -0.15) is 0 Å². The van der Waals surface area contributed by atoms with E-state index in [9.17, 15) is 14.7 Å². The molecular weight excluding hydrogens is 481 g/mol. The van der Waals surface area contributed by atoms with E-state index in [4.69, 9.17) is 19.3 Å². The Morgan fingerprint density at radius 2 is 2.00 bits per heavy atom. The number of carboxylic acid groups (broad SMARTS) is 1. The molecule has 0 saturated heterocycles. The molecule has 0 aromatic heterocycles. The van der Waals surface area contributed by atoms with Crippen LogP contribution in [0.4, 0.5) is 10.5 Å². The van der Waals surface area contributed by atoms with Gasteiger partial charge in [-0.15, -0.1) is 0 Å². The van der Waals surface area contributed by atoms with Crippen LogP contribution >= 0.6 is 22.6 Å². The monoisotopic (exact) mass is 497 g/mol. The summed E-state index contributed by atoms with van der Waals surface area (Å²) < 4.78 is 16.8. The van der Waals surface area contributed by atoms with E-state index in [1.54, 1.807) is 30.3 Å². The van der Waals surface area contributed by atoms with Crippen LogP contribution in [0.5, 0.6) is 17.2 Å². The van der Waals surface area contributed by atoms with Crippen molar-refractivity contribution in [3.8, 4) is 17.2 Å². The molecule has 1 heterocycles. The minimum atomic E-state index is -1.12. The Morgan fingerprint density at radius 3 is 2.79 bits per heavy atom. The summed E-state index contributed by atoms with van der Waals surface area (Å²) in [5, 5.41) is 21.5. The van der Waals surface area contributed by atoms with Crippen LogP contribution in [0.1, 0.15) is 18.1 Å². The first-order valence-corrected chi connectivity index (χ1v) is 9.25. The summed E-state index contributed by atoms with van der Waals surface area (Å²) in [6.45, 7) is 0.118. The second-order valence-corrected chi connectivity index (χ2v) is 7.01. The van der Waals surface area contributed by atoms with Crippen molar-refractivity contribution in [2.45, 2.75) is 12.5 Å². The Balaban J connectivity index is 1.75. The SMILES string of the molecule is O=C(O)/C=C/C[C@@H](OC(=O)Nc1ccc2c(c1)OCO2)c1cc(I)ccc1O. The van der Waals surface area contributed by atoms with Gasteiger partial charge in [-0.1, -0.05) is 6.08 Å². The van der Waals surface area contributed by atoms with Crippen molar-refractivity contribution in [3.63, 3.8) is 0 Å². The molecule has 0 unspecified atom stereocenters. The Morgan fingerprint density at radius 1 is 1.21 bits per heavy atom. The third-order valence-corrected chi connectivity index (χ3v) is 4.49. The lowest BCUT2D eigenvalue weighted by Crippen LogP contribution is -2.17. The summed E-state index contributed by atoms with van der Waals surface area (Å²) in [4.78, 5) is 23.1. The largest absolute Gasteiger partial charge is 0.508 e. The van der Waals surface area contributed by atoms with Gasteiger partial charge in [0.05, 0.1) is 0 Å². The Labute approximate surface area is 173 Å². The van der Waals surface area contributed by atoms with Gasteiger partial charge in [-0.3, -0.25) is 5.32 Å². The Hall–Kier alpha value is -2.95. The van der Waals surface area contributed by atoms with Gasteiger partial charge < -0.3 is 24.4 Å². The van der Waals surface area contributed by atoms with Crippen LogP contribution in [-0.2, 0) is 9.53 Å². The number of benzene rings is 2. The van der Waals surface area contributed by atoms with Gasteiger partial charge in [-0.25, -0.2) is 9.59 Å². The van der Waals surface area contributed by atoms with E-state index in [0.29, 0.717) is 22.7 Å². The molecule has 9 heteroatoms. The van der Waals surface area contributed by atoms with Gasteiger partial charge in [-0.05, 0) is 52.9 Å². The molecule has 3 rings (SSSR count). The molecule has 1 aliphatic heterocycles. The van der Waals surface area contributed by atoms with Gasteiger partial charge in [0, 0.05) is 33.4 Å². The summed E-state index contributed by atoms with van der Waals surface area (Å²) in [5.41, 5.74) is 0.823. The maximum atomic E-state index is 12.4. The maximum Gasteiger partial charge on any atom is 0.412 e. The van der Waals surface area contributed by atoms with Crippen molar-refractivity contribution in [2.24, 2.45) is 0 Å². The topological polar surface area (TPSA) is 114 Å². The third kappa shape index (κ3) is 5.06. The first kappa shape index (κ1) is 19.8. The molecule has 0 radical (unpaired) electrons. The van der Waals surface area contributed by atoms with Crippen molar-refractivity contribution in [2.75, 3.05) is 12.1 Å². The van der Waals surface area contributed by atoms with Crippen molar-refractivity contribution in [1.29, 1.82) is 0 Å². The number of hydrogen-bond donors (Lipinski definition) is 3. The number of aliphatic carboxylic acids is 1. The summed E-state index contributed by atoms with van der Waals surface area (Å²) >= 11 is 2.07. The smallest absolute Gasteiger partial charge is 0.412 e. The molecule has 146 valence electrons. The molecule has 28 heavy (non-hydrogen) atoms. The molecule has 1 aliphatic rings. The zero-order chi connectivity index (χ0) is 20.1. The predicted molar refractivity (Wildman–Crippen MR) is 108 cm³/mol. The van der Waals surface area contributed by atoms with E-state index in [0.717, 1.165) is 9.65 Å². The fourth-order valence-electron chi connectivity index (χ4n) is 2.57. The molecule has 0 aliphatic carbocycles. The fraction of sp³-hybridized carbons (Fsp3) is 0.158. The molecule has 2 aromatic rings. The van der Waals surface area contributed by atoms with Crippen LogP contribution in [0, 0.1) is 3.57 Å². The highest BCUT2D eigenvalue weighted by Crippen LogP contribution is 2.35. The van der Waals surface area contributed by atoms with Gasteiger partial charge in [0.1, 0.15) is 11.9 Å². The van der Waals surface area contributed by atoms with Crippen molar-refractivity contribution < 1.29 is 34.0 Å². The summed E-state index contributed by atoms with van der Waals surface area (Å²) in [7, 11) is 0. The van der Waals surface area contributed by atoms with Gasteiger partial charge in [0.2, 0.25) is 6.79 Å². The first-order chi connectivity index (χ1) is 13.4. The second-order valence-electron chi connectivity index (χ2n) is 5.77. The molecule has 0 saturated carbocycles. The third-order valence-electron chi connectivity index (χ3n) is 3.82. The number of rotatable bonds is 6. The van der Waals surface area contributed by atoms with E-state index < -0.39 is 18.2 Å². The number of phenolic OH excluding ortho intramolecular Hbond substituents is 1. The number of nitrogens with one attached hydrogen (secondary N) is 1. The lowest BCUT2D eigenvalue weighted by atomic mass is 10.1. The molecule has 8 nitrogen and oxygen atoms in total. The van der Waals surface area contributed by atoms with Crippen LogP contribution in [-0.4, -0.2) is 29.1 Å². The minimum absolute atomic E-state index is 0.0509. The zero-order valence-corrected chi connectivity index (χ0v) is 16.6. The number of carbonyl (C=O) groups excluding carboxylic acids is 1. The Kier molecular flexibility index (Phi) is 6.24. The quantitative estimate of drug-likeness (QED) is 0.408. The van der Waals surface area contributed by atoms with Crippen LogP contribution < -0.4 is 14.8 Å². The van der Waals surface area contributed by atoms with E-state index in [-0.39, 0.29) is 19.0 Å².